The lowest BCUT2D eigenvalue weighted by Crippen LogP contribution is -2.63. The van der Waals surface area contributed by atoms with Gasteiger partial charge in [0.25, 0.3) is 0 Å². The number of unbranched alkanes of at least 4 members (excludes halogenated alkanes) is 2. The summed E-state index contributed by atoms with van der Waals surface area (Å²) in [6.07, 6.45) is 5.22. The Labute approximate surface area is 134 Å². The van der Waals surface area contributed by atoms with Crippen LogP contribution in [0.3, 0.4) is 0 Å². The molecule has 0 fully saturated rings. The summed E-state index contributed by atoms with van der Waals surface area (Å²) in [6, 6.07) is 1.69. The first kappa shape index (κ1) is 20.2. The maximum Gasteiger partial charge on any atom is 0.238 e. The minimum atomic E-state index is -1.53. The van der Waals surface area contributed by atoms with Crippen molar-refractivity contribution in [3.05, 3.63) is 0 Å². The third-order valence-electron chi connectivity index (χ3n) is 3.40. The van der Waals surface area contributed by atoms with E-state index in [-0.39, 0.29) is 0 Å². The molecular formula is C13H33Cl2NSi3. The first-order valence-corrected chi connectivity index (χ1v) is 18.8. The predicted molar refractivity (Wildman–Crippen MR) is 100 cm³/mol. The molecule has 0 N–H and O–H groups in total. The third-order valence-corrected chi connectivity index (χ3v) is 13.0. The second-order valence-corrected chi connectivity index (χ2v) is 22.7. The lowest BCUT2D eigenvalue weighted by molar-refractivity contribution is 0.424. The van der Waals surface area contributed by atoms with E-state index in [4.69, 9.17) is 22.2 Å². The van der Waals surface area contributed by atoms with E-state index in [1.54, 1.807) is 0 Å². The average Bonchev–Trinajstić information content (AvgIpc) is 2.11. The summed E-state index contributed by atoms with van der Waals surface area (Å²) >= 11 is 12.5. The van der Waals surface area contributed by atoms with Crippen LogP contribution in [0.5, 0.6) is 0 Å². The van der Waals surface area contributed by atoms with Gasteiger partial charge < -0.3 is 4.23 Å². The van der Waals surface area contributed by atoms with Gasteiger partial charge in [-0.15, -0.1) is 0 Å². The number of hydrogen-bond acceptors (Lipinski definition) is 1. The lowest BCUT2D eigenvalue weighted by atomic mass is 10.1. The Morgan fingerprint density at radius 3 is 1.74 bits per heavy atom. The van der Waals surface area contributed by atoms with E-state index in [1.807, 2.05) is 0 Å². The molecule has 0 aliphatic carbocycles. The van der Waals surface area contributed by atoms with Crippen molar-refractivity contribution in [1.82, 2.24) is 4.23 Å². The summed E-state index contributed by atoms with van der Waals surface area (Å²) in [5.74, 6) is 0. The van der Waals surface area contributed by atoms with E-state index in [2.05, 4.69) is 50.4 Å². The Balaban J connectivity index is 5.02. The molecule has 0 aliphatic rings. The van der Waals surface area contributed by atoms with E-state index in [0.29, 0.717) is 6.04 Å². The summed E-state index contributed by atoms with van der Waals surface area (Å²) in [6.45, 7) is 17.1. The smallest absolute Gasteiger partial charge is 0.238 e. The molecule has 0 aromatic heterocycles. The molecule has 6 heteroatoms. The summed E-state index contributed by atoms with van der Waals surface area (Å²) in [5, 5.41) is 0. The maximum absolute atomic E-state index is 6.24. The Bertz CT molecular complexity index is 235. The van der Waals surface area contributed by atoms with Crippen molar-refractivity contribution < 1.29 is 0 Å². The van der Waals surface area contributed by atoms with Crippen molar-refractivity contribution >= 4 is 46.0 Å². The molecule has 0 aliphatic heterocycles. The zero-order chi connectivity index (χ0) is 15.3. The van der Waals surface area contributed by atoms with Crippen LogP contribution in [0.2, 0.25) is 45.3 Å². The quantitative estimate of drug-likeness (QED) is 0.294. The van der Waals surface area contributed by atoms with Crippen molar-refractivity contribution in [3.63, 3.8) is 0 Å². The molecule has 0 heterocycles. The van der Waals surface area contributed by atoms with Gasteiger partial charge in [-0.3, -0.25) is 0 Å². The molecule has 0 rings (SSSR count). The van der Waals surface area contributed by atoms with E-state index < -0.39 is 23.9 Å². The van der Waals surface area contributed by atoms with Crippen LogP contribution >= 0.6 is 22.2 Å². The molecule has 0 bridgehead atoms. The van der Waals surface area contributed by atoms with Gasteiger partial charge in [0, 0.05) is 0 Å². The van der Waals surface area contributed by atoms with Crippen LogP contribution < -0.4 is 0 Å². The van der Waals surface area contributed by atoms with Crippen LogP contribution in [-0.4, -0.2) is 34.2 Å². The molecule has 0 aromatic rings. The first-order chi connectivity index (χ1) is 8.50. The minimum Gasteiger partial charge on any atom is -0.343 e. The van der Waals surface area contributed by atoms with Crippen LogP contribution in [0.4, 0.5) is 0 Å². The van der Waals surface area contributed by atoms with E-state index in [1.165, 1.54) is 25.7 Å². The highest BCUT2D eigenvalue weighted by atomic mass is 35.7. The van der Waals surface area contributed by atoms with Crippen molar-refractivity contribution in [2.24, 2.45) is 0 Å². The fourth-order valence-corrected chi connectivity index (χ4v) is 16.5. The van der Waals surface area contributed by atoms with Crippen LogP contribution in [0.1, 0.15) is 32.6 Å². The SMILES string of the molecule is CCCCCC(C[SiH](Cl)Cl)N([Si](C)(C)C)[Si](C)(C)C. The van der Waals surface area contributed by atoms with E-state index >= 15 is 0 Å². The minimum absolute atomic E-state index is 0.636. The van der Waals surface area contributed by atoms with Crippen LogP contribution in [0, 0.1) is 0 Å². The van der Waals surface area contributed by atoms with Crippen molar-refractivity contribution in [3.8, 4) is 0 Å². The molecular weight excluding hydrogens is 325 g/mol. The molecule has 0 spiro atoms. The number of hydrogen-bond donors (Lipinski definition) is 0. The summed E-state index contributed by atoms with van der Waals surface area (Å²) in [4.78, 5) is 0. The first-order valence-electron chi connectivity index (χ1n) is 7.57. The molecule has 1 unspecified atom stereocenters. The molecule has 19 heavy (non-hydrogen) atoms. The Kier molecular flexibility index (Phi) is 9.13. The maximum atomic E-state index is 6.24. The van der Waals surface area contributed by atoms with Gasteiger partial charge in [-0.25, -0.2) is 0 Å². The Hall–Kier alpha value is 1.19. The molecule has 116 valence electrons. The molecule has 1 atom stereocenters. The summed E-state index contributed by atoms with van der Waals surface area (Å²) < 4.78 is 2.90. The monoisotopic (exact) mass is 357 g/mol. The van der Waals surface area contributed by atoms with Crippen LogP contribution in [0.15, 0.2) is 0 Å². The molecule has 0 aromatic carbocycles. The second-order valence-electron chi connectivity index (χ2n) is 7.49. The number of halogens is 2. The van der Waals surface area contributed by atoms with Gasteiger partial charge in [0.1, 0.15) is 16.5 Å². The highest BCUT2D eigenvalue weighted by molar-refractivity contribution is 7.33. The van der Waals surface area contributed by atoms with Crippen LogP contribution in [0.25, 0.3) is 0 Å². The highest BCUT2D eigenvalue weighted by Gasteiger charge is 2.39. The fraction of sp³-hybridized carbons (Fsp3) is 1.00. The zero-order valence-corrected chi connectivity index (χ0v) is 18.6. The normalized spacial score (nSPS) is 15.3. The summed E-state index contributed by atoms with van der Waals surface area (Å²) in [7, 11) is -4.16. The molecule has 1 nitrogen and oxygen atoms in total. The van der Waals surface area contributed by atoms with Gasteiger partial charge >= 0.3 is 0 Å². The molecule has 0 saturated heterocycles. The molecule has 0 saturated carbocycles. The second kappa shape index (κ2) is 8.59. The predicted octanol–water partition coefficient (Wildman–Crippen LogP) is 5.61. The van der Waals surface area contributed by atoms with Gasteiger partial charge in [0.05, 0.1) is 0 Å². The van der Waals surface area contributed by atoms with Gasteiger partial charge in [-0.05, 0) is 18.5 Å². The average molecular weight is 359 g/mol. The van der Waals surface area contributed by atoms with Crippen molar-refractivity contribution in [2.45, 2.75) is 84.0 Å². The van der Waals surface area contributed by atoms with Crippen LogP contribution in [-0.2, 0) is 0 Å². The topological polar surface area (TPSA) is 3.24 Å². The Morgan fingerprint density at radius 2 is 1.42 bits per heavy atom. The van der Waals surface area contributed by atoms with Crippen molar-refractivity contribution in [2.75, 3.05) is 0 Å². The van der Waals surface area contributed by atoms with E-state index in [0.717, 1.165) is 6.04 Å². The molecule has 0 radical (unpaired) electrons. The number of nitrogens with zero attached hydrogens (tertiary/aromatic N) is 1. The zero-order valence-electron chi connectivity index (χ0n) is 13.9. The standard InChI is InChI=1S/C13H33Cl2NSi3/c1-8-9-10-11-13(12-17(14)15)16(18(2,3)4)19(5,6)7/h13,17H,8-12H2,1-7H3. The van der Waals surface area contributed by atoms with Gasteiger partial charge in [0.15, 0.2) is 0 Å². The summed E-state index contributed by atoms with van der Waals surface area (Å²) in [5.41, 5.74) is 0. The van der Waals surface area contributed by atoms with E-state index in [9.17, 15) is 0 Å². The largest absolute Gasteiger partial charge is 0.343 e. The van der Waals surface area contributed by atoms with Gasteiger partial charge in [-0.2, -0.15) is 22.2 Å². The Morgan fingerprint density at radius 1 is 0.947 bits per heavy atom. The third kappa shape index (κ3) is 8.27. The molecule has 0 amide bonds. The highest BCUT2D eigenvalue weighted by Crippen LogP contribution is 2.29. The van der Waals surface area contributed by atoms with Gasteiger partial charge in [0.2, 0.25) is 7.42 Å². The van der Waals surface area contributed by atoms with Gasteiger partial charge in [-0.1, -0.05) is 65.5 Å². The number of rotatable bonds is 9. The van der Waals surface area contributed by atoms with Crippen molar-refractivity contribution in [1.29, 1.82) is 0 Å². The fourth-order valence-electron chi connectivity index (χ4n) is 3.29. The lowest BCUT2D eigenvalue weighted by Gasteiger charge is -2.49.